The Labute approximate surface area is 167 Å². The van der Waals surface area contributed by atoms with Gasteiger partial charge in [-0.05, 0) is 37.3 Å². The fraction of sp³-hybridized carbons (Fsp3) is 0.222. The molecule has 0 unspecified atom stereocenters. The summed E-state index contributed by atoms with van der Waals surface area (Å²) >= 11 is 1.11. The molecule has 2 aromatic carbocycles. The van der Waals surface area contributed by atoms with E-state index in [1.54, 1.807) is 24.3 Å². The van der Waals surface area contributed by atoms with E-state index in [-0.39, 0.29) is 5.91 Å². The predicted molar refractivity (Wildman–Crippen MR) is 103 cm³/mol. The third-order valence-corrected chi connectivity index (χ3v) is 4.75. The molecule has 0 aliphatic rings. The molecule has 0 bridgehead atoms. The Morgan fingerprint density at radius 2 is 1.72 bits per heavy atom. The van der Waals surface area contributed by atoms with E-state index < -0.39 is 39.2 Å². The molecule has 0 saturated heterocycles. The van der Waals surface area contributed by atoms with Crippen LogP contribution in [0.5, 0.6) is 0 Å². The zero-order valence-electron chi connectivity index (χ0n) is 15.2. The molecule has 0 saturated carbocycles. The number of non-ortho nitro benzene ring substituents is 1. The number of nitrogens with one attached hydrogen (secondary N) is 2. The van der Waals surface area contributed by atoms with Crippen molar-refractivity contribution in [3.05, 3.63) is 58.1 Å². The molecular formula is C18H16F3N3O4S. The maximum absolute atomic E-state index is 13.2. The number of carbonyl (C=O) groups is 2. The van der Waals surface area contributed by atoms with Crippen LogP contribution in [-0.2, 0) is 15.8 Å². The number of nitrogens with zero attached hydrogens (tertiary/aromatic N) is 1. The van der Waals surface area contributed by atoms with Gasteiger partial charge in [0.25, 0.3) is 5.69 Å². The van der Waals surface area contributed by atoms with E-state index in [1.165, 1.54) is 13.8 Å². The topological polar surface area (TPSA) is 101 Å². The lowest BCUT2D eigenvalue weighted by Gasteiger charge is -2.16. The first-order valence-corrected chi connectivity index (χ1v) is 9.06. The molecule has 0 aliphatic carbocycles. The van der Waals surface area contributed by atoms with Gasteiger partial charge in [0, 0.05) is 29.6 Å². The van der Waals surface area contributed by atoms with Crippen LogP contribution >= 0.6 is 11.8 Å². The van der Waals surface area contributed by atoms with Gasteiger partial charge >= 0.3 is 6.18 Å². The van der Waals surface area contributed by atoms with Crippen LogP contribution in [0.2, 0.25) is 0 Å². The fourth-order valence-electron chi connectivity index (χ4n) is 2.30. The quantitative estimate of drug-likeness (QED) is 0.396. The van der Waals surface area contributed by atoms with Gasteiger partial charge in [-0.1, -0.05) is 0 Å². The molecule has 0 aromatic heterocycles. The maximum Gasteiger partial charge on any atom is 0.418 e. The van der Waals surface area contributed by atoms with Crippen LogP contribution in [0.15, 0.2) is 47.4 Å². The van der Waals surface area contributed by atoms with E-state index in [0.29, 0.717) is 16.6 Å². The largest absolute Gasteiger partial charge is 0.418 e. The summed E-state index contributed by atoms with van der Waals surface area (Å²) in [6.45, 7) is 2.88. The van der Waals surface area contributed by atoms with E-state index in [1.807, 2.05) is 0 Å². The Balaban J connectivity index is 2.13. The van der Waals surface area contributed by atoms with Crippen LogP contribution in [-0.4, -0.2) is 22.0 Å². The number of benzene rings is 2. The van der Waals surface area contributed by atoms with E-state index in [4.69, 9.17) is 0 Å². The summed E-state index contributed by atoms with van der Waals surface area (Å²) in [4.78, 5) is 33.8. The highest BCUT2D eigenvalue weighted by Crippen LogP contribution is 2.37. The van der Waals surface area contributed by atoms with Gasteiger partial charge < -0.3 is 10.6 Å². The minimum Gasteiger partial charge on any atom is -0.326 e. The molecule has 154 valence electrons. The second-order valence-corrected chi connectivity index (χ2v) is 7.35. The van der Waals surface area contributed by atoms with Crippen LogP contribution in [0, 0.1) is 10.1 Å². The summed E-state index contributed by atoms with van der Waals surface area (Å²) in [5.41, 5.74) is -2.00. The van der Waals surface area contributed by atoms with Crippen LogP contribution in [0.4, 0.5) is 30.2 Å². The van der Waals surface area contributed by atoms with Gasteiger partial charge in [0.05, 0.1) is 21.4 Å². The van der Waals surface area contributed by atoms with Gasteiger partial charge in [-0.15, -0.1) is 11.8 Å². The molecular weight excluding hydrogens is 411 g/mol. The van der Waals surface area contributed by atoms with Crippen molar-refractivity contribution >= 4 is 40.6 Å². The normalized spacial score (nSPS) is 12.2. The standard InChI is InChI=1S/C18H16F3N3O4S/c1-10(29-14-6-3-12(4-7-14)22-11(2)25)17(26)23-16-8-5-13(24(27)28)9-15(16)18(19,20)21/h3-10H,1-2H3,(H,22,25)(H,23,26)/t10-/m0/s1. The first-order chi connectivity index (χ1) is 13.5. The number of halogens is 3. The number of hydrogen-bond acceptors (Lipinski definition) is 5. The first kappa shape index (κ1) is 22.2. The Hall–Kier alpha value is -3.08. The van der Waals surface area contributed by atoms with Gasteiger partial charge in [0.2, 0.25) is 11.8 Å². The molecule has 0 heterocycles. The second-order valence-electron chi connectivity index (χ2n) is 5.94. The Bertz CT molecular complexity index is 933. The SMILES string of the molecule is CC(=O)Nc1ccc(S[C@@H](C)C(=O)Nc2ccc([N+](=O)[O-])cc2C(F)(F)F)cc1. The monoisotopic (exact) mass is 427 g/mol. The third-order valence-electron chi connectivity index (χ3n) is 3.63. The molecule has 0 fully saturated rings. The molecule has 1 atom stereocenters. The summed E-state index contributed by atoms with van der Waals surface area (Å²) < 4.78 is 39.6. The number of nitro groups is 1. The number of nitro benzene ring substituents is 1. The Morgan fingerprint density at radius 1 is 1.10 bits per heavy atom. The van der Waals surface area contributed by atoms with E-state index in [9.17, 15) is 32.9 Å². The van der Waals surface area contributed by atoms with Gasteiger partial charge in [-0.25, -0.2) is 0 Å². The lowest BCUT2D eigenvalue weighted by atomic mass is 10.1. The second kappa shape index (κ2) is 8.95. The highest BCUT2D eigenvalue weighted by molar-refractivity contribution is 8.00. The zero-order valence-corrected chi connectivity index (χ0v) is 16.1. The number of hydrogen-bond donors (Lipinski definition) is 2. The number of carbonyl (C=O) groups excluding carboxylic acids is 2. The number of anilines is 2. The number of thioether (sulfide) groups is 1. The maximum atomic E-state index is 13.2. The molecule has 0 spiro atoms. The van der Waals surface area contributed by atoms with Crippen molar-refractivity contribution in [2.75, 3.05) is 10.6 Å². The van der Waals surface area contributed by atoms with Gasteiger partial charge in [-0.2, -0.15) is 13.2 Å². The van der Waals surface area contributed by atoms with Gasteiger partial charge in [0.15, 0.2) is 0 Å². The molecule has 0 aliphatic heterocycles. The van der Waals surface area contributed by atoms with Gasteiger partial charge in [-0.3, -0.25) is 19.7 Å². The minimum atomic E-state index is -4.87. The number of rotatable bonds is 6. The van der Waals surface area contributed by atoms with Crippen molar-refractivity contribution in [3.63, 3.8) is 0 Å². The zero-order chi connectivity index (χ0) is 21.8. The first-order valence-electron chi connectivity index (χ1n) is 8.18. The highest BCUT2D eigenvalue weighted by atomic mass is 32.2. The third kappa shape index (κ3) is 6.21. The van der Waals surface area contributed by atoms with Crippen molar-refractivity contribution in [2.24, 2.45) is 0 Å². The lowest BCUT2D eigenvalue weighted by Crippen LogP contribution is -2.24. The molecule has 7 nitrogen and oxygen atoms in total. The minimum absolute atomic E-state index is 0.235. The molecule has 29 heavy (non-hydrogen) atoms. The smallest absolute Gasteiger partial charge is 0.326 e. The van der Waals surface area contributed by atoms with Crippen LogP contribution < -0.4 is 10.6 Å². The average molecular weight is 427 g/mol. The predicted octanol–water partition coefficient (Wildman–Crippen LogP) is 4.69. The molecule has 2 N–H and O–H groups in total. The fourth-order valence-corrected chi connectivity index (χ4v) is 3.17. The summed E-state index contributed by atoms with van der Waals surface area (Å²) in [6.07, 6.45) is -4.87. The molecule has 2 aromatic rings. The van der Waals surface area contributed by atoms with Crippen molar-refractivity contribution < 1.29 is 27.7 Å². The summed E-state index contributed by atoms with van der Waals surface area (Å²) in [7, 11) is 0. The lowest BCUT2D eigenvalue weighted by molar-refractivity contribution is -0.385. The summed E-state index contributed by atoms with van der Waals surface area (Å²) in [5.74, 6) is -0.929. The van der Waals surface area contributed by atoms with Crippen molar-refractivity contribution in [1.82, 2.24) is 0 Å². The van der Waals surface area contributed by atoms with Crippen LogP contribution in [0.25, 0.3) is 0 Å². The van der Waals surface area contributed by atoms with Crippen LogP contribution in [0.3, 0.4) is 0 Å². The number of alkyl halides is 3. The molecule has 2 rings (SSSR count). The Morgan fingerprint density at radius 3 is 2.24 bits per heavy atom. The van der Waals surface area contributed by atoms with Crippen molar-refractivity contribution in [2.45, 2.75) is 30.2 Å². The van der Waals surface area contributed by atoms with Crippen molar-refractivity contribution in [1.29, 1.82) is 0 Å². The van der Waals surface area contributed by atoms with E-state index >= 15 is 0 Å². The van der Waals surface area contributed by atoms with Crippen LogP contribution in [0.1, 0.15) is 19.4 Å². The molecule has 0 radical (unpaired) electrons. The van der Waals surface area contributed by atoms with Crippen molar-refractivity contribution in [3.8, 4) is 0 Å². The molecule has 2 amide bonds. The Kier molecular flexibility index (Phi) is 6.85. The highest BCUT2D eigenvalue weighted by Gasteiger charge is 2.36. The summed E-state index contributed by atoms with van der Waals surface area (Å²) in [6, 6.07) is 8.72. The number of amides is 2. The van der Waals surface area contributed by atoms with E-state index in [2.05, 4.69) is 10.6 Å². The average Bonchev–Trinajstić information content (AvgIpc) is 2.62. The van der Waals surface area contributed by atoms with E-state index in [0.717, 1.165) is 23.9 Å². The van der Waals surface area contributed by atoms with Gasteiger partial charge in [0.1, 0.15) is 0 Å². The molecule has 11 heteroatoms. The summed E-state index contributed by atoms with van der Waals surface area (Å²) in [5, 5.41) is 14.8.